The third-order valence-electron chi connectivity index (χ3n) is 2.33. The first kappa shape index (κ1) is 12.5. The molecule has 2 aromatic rings. The smallest absolute Gasteiger partial charge is 0.0861 e. The highest BCUT2D eigenvalue weighted by atomic mass is 79.9. The van der Waals surface area contributed by atoms with Gasteiger partial charge in [0, 0.05) is 4.47 Å². The molecule has 0 saturated carbocycles. The van der Waals surface area contributed by atoms with Crippen molar-refractivity contribution >= 4 is 27.5 Å². The maximum absolute atomic E-state index is 6.11. The highest BCUT2D eigenvalue weighted by Gasteiger charge is 2.06. The lowest BCUT2D eigenvalue weighted by Gasteiger charge is -2.03. The Morgan fingerprint density at radius 2 is 2.24 bits per heavy atom. The van der Waals surface area contributed by atoms with Crippen LogP contribution in [-0.2, 0) is 6.42 Å². The van der Waals surface area contributed by atoms with Crippen molar-refractivity contribution in [2.75, 3.05) is 6.54 Å². The fraction of sp³-hybridized carbons (Fsp3) is 0.273. The van der Waals surface area contributed by atoms with Gasteiger partial charge in [-0.25, -0.2) is 4.68 Å². The molecule has 0 bridgehead atoms. The van der Waals surface area contributed by atoms with Crippen LogP contribution in [0.2, 0.25) is 5.02 Å². The molecule has 0 saturated heterocycles. The summed E-state index contributed by atoms with van der Waals surface area (Å²) in [6.45, 7) is 0.657. The van der Waals surface area contributed by atoms with E-state index in [9.17, 15) is 0 Å². The topological polar surface area (TPSA) is 56.7 Å². The summed E-state index contributed by atoms with van der Waals surface area (Å²) >= 11 is 9.52. The molecule has 0 spiro atoms. The van der Waals surface area contributed by atoms with Crippen LogP contribution in [-0.4, -0.2) is 21.5 Å². The first-order valence-corrected chi connectivity index (χ1v) is 6.44. The lowest BCUT2D eigenvalue weighted by Crippen LogP contribution is -2.00. The van der Waals surface area contributed by atoms with E-state index in [0.29, 0.717) is 11.6 Å². The van der Waals surface area contributed by atoms with Crippen LogP contribution in [0.15, 0.2) is 28.9 Å². The summed E-state index contributed by atoms with van der Waals surface area (Å²) in [7, 11) is 0. The Bertz CT molecular complexity index is 512. The van der Waals surface area contributed by atoms with Gasteiger partial charge in [0.1, 0.15) is 0 Å². The third kappa shape index (κ3) is 3.06. The van der Waals surface area contributed by atoms with Crippen LogP contribution < -0.4 is 5.73 Å². The molecule has 0 fully saturated rings. The standard InChI is InChI=1S/C11H12BrClN4/c12-8-3-4-10(13)11(6-8)17-7-9(15-16-17)2-1-5-14/h3-4,6-7H,1-2,5,14H2. The summed E-state index contributed by atoms with van der Waals surface area (Å²) in [6.07, 6.45) is 3.62. The lowest BCUT2D eigenvalue weighted by molar-refractivity contribution is 0.779. The Labute approximate surface area is 113 Å². The second-order valence-electron chi connectivity index (χ2n) is 3.64. The minimum atomic E-state index is 0.642. The summed E-state index contributed by atoms with van der Waals surface area (Å²) in [5.41, 5.74) is 7.19. The monoisotopic (exact) mass is 314 g/mol. The molecule has 2 N–H and O–H groups in total. The van der Waals surface area contributed by atoms with E-state index in [0.717, 1.165) is 28.7 Å². The van der Waals surface area contributed by atoms with Crippen molar-refractivity contribution in [3.63, 3.8) is 0 Å². The summed E-state index contributed by atoms with van der Waals surface area (Å²) in [5.74, 6) is 0. The van der Waals surface area contributed by atoms with Gasteiger partial charge < -0.3 is 5.73 Å². The van der Waals surface area contributed by atoms with E-state index in [2.05, 4.69) is 26.2 Å². The van der Waals surface area contributed by atoms with Crippen LogP contribution in [0.3, 0.4) is 0 Å². The van der Waals surface area contributed by atoms with Gasteiger partial charge in [0.25, 0.3) is 0 Å². The number of benzene rings is 1. The Morgan fingerprint density at radius 3 is 3.00 bits per heavy atom. The van der Waals surface area contributed by atoms with E-state index >= 15 is 0 Å². The normalized spacial score (nSPS) is 10.8. The van der Waals surface area contributed by atoms with E-state index in [1.165, 1.54) is 0 Å². The second kappa shape index (κ2) is 5.62. The van der Waals surface area contributed by atoms with E-state index in [1.807, 2.05) is 24.4 Å². The summed E-state index contributed by atoms with van der Waals surface area (Å²) in [4.78, 5) is 0. The minimum absolute atomic E-state index is 0.642. The average molecular weight is 316 g/mol. The molecular formula is C11H12BrClN4. The number of hydrogen-bond acceptors (Lipinski definition) is 3. The van der Waals surface area contributed by atoms with Crippen molar-refractivity contribution in [2.45, 2.75) is 12.8 Å². The molecule has 17 heavy (non-hydrogen) atoms. The number of hydrogen-bond donors (Lipinski definition) is 1. The van der Waals surface area contributed by atoms with Gasteiger partial charge >= 0.3 is 0 Å². The lowest BCUT2D eigenvalue weighted by atomic mass is 10.2. The Morgan fingerprint density at radius 1 is 1.41 bits per heavy atom. The molecule has 1 aromatic carbocycles. The highest BCUT2D eigenvalue weighted by Crippen LogP contribution is 2.23. The summed E-state index contributed by atoms with van der Waals surface area (Å²) < 4.78 is 2.63. The number of nitrogens with two attached hydrogens (primary N) is 1. The molecule has 6 heteroatoms. The van der Waals surface area contributed by atoms with Crippen LogP contribution in [0.5, 0.6) is 0 Å². The Kier molecular flexibility index (Phi) is 4.15. The number of rotatable bonds is 4. The molecule has 90 valence electrons. The van der Waals surface area contributed by atoms with Gasteiger partial charge in [0.15, 0.2) is 0 Å². The van der Waals surface area contributed by atoms with Crippen molar-refractivity contribution in [1.29, 1.82) is 0 Å². The van der Waals surface area contributed by atoms with Gasteiger partial charge in [-0.15, -0.1) is 5.10 Å². The quantitative estimate of drug-likeness (QED) is 0.943. The predicted octanol–water partition coefficient (Wildman–Crippen LogP) is 2.57. The molecular weight excluding hydrogens is 304 g/mol. The van der Waals surface area contributed by atoms with Crippen LogP contribution in [0.4, 0.5) is 0 Å². The molecule has 0 aliphatic heterocycles. The largest absolute Gasteiger partial charge is 0.330 e. The maximum Gasteiger partial charge on any atom is 0.0861 e. The van der Waals surface area contributed by atoms with E-state index in [1.54, 1.807) is 4.68 Å². The third-order valence-corrected chi connectivity index (χ3v) is 3.15. The fourth-order valence-corrected chi connectivity index (χ4v) is 2.03. The zero-order valence-corrected chi connectivity index (χ0v) is 11.4. The van der Waals surface area contributed by atoms with Gasteiger partial charge in [-0.1, -0.05) is 32.7 Å². The SMILES string of the molecule is NCCCc1cn(-c2cc(Br)ccc2Cl)nn1. The van der Waals surface area contributed by atoms with Gasteiger partial charge in [-0.3, -0.25) is 0 Å². The van der Waals surface area contributed by atoms with Crippen molar-refractivity contribution < 1.29 is 0 Å². The average Bonchev–Trinajstić information content (AvgIpc) is 2.78. The molecule has 0 aliphatic rings. The fourth-order valence-electron chi connectivity index (χ4n) is 1.48. The first-order valence-electron chi connectivity index (χ1n) is 5.27. The molecule has 2 rings (SSSR count). The van der Waals surface area contributed by atoms with Crippen LogP contribution >= 0.6 is 27.5 Å². The zero-order valence-electron chi connectivity index (χ0n) is 9.11. The molecule has 0 unspecified atom stereocenters. The predicted molar refractivity (Wildman–Crippen MR) is 71.4 cm³/mol. The molecule has 0 amide bonds. The molecule has 0 radical (unpaired) electrons. The summed E-state index contributed by atoms with van der Waals surface area (Å²) in [5, 5.41) is 8.79. The highest BCUT2D eigenvalue weighted by molar-refractivity contribution is 9.10. The van der Waals surface area contributed by atoms with Crippen molar-refractivity contribution in [3.8, 4) is 5.69 Å². The number of aromatic nitrogens is 3. The Balaban J connectivity index is 2.27. The Hall–Kier alpha value is -0.910. The number of aryl methyl sites for hydroxylation is 1. The van der Waals surface area contributed by atoms with Gasteiger partial charge in [0.2, 0.25) is 0 Å². The molecule has 0 aliphatic carbocycles. The minimum Gasteiger partial charge on any atom is -0.330 e. The van der Waals surface area contributed by atoms with Crippen molar-refractivity contribution in [1.82, 2.24) is 15.0 Å². The van der Waals surface area contributed by atoms with Gasteiger partial charge in [0.05, 0.1) is 22.6 Å². The van der Waals surface area contributed by atoms with Gasteiger partial charge in [-0.05, 0) is 37.6 Å². The molecule has 0 atom stereocenters. The molecule has 1 heterocycles. The van der Waals surface area contributed by atoms with E-state index in [-0.39, 0.29) is 0 Å². The van der Waals surface area contributed by atoms with Crippen molar-refractivity contribution in [2.24, 2.45) is 5.73 Å². The van der Waals surface area contributed by atoms with Gasteiger partial charge in [-0.2, -0.15) is 0 Å². The summed E-state index contributed by atoms with van der Waals surface area (Å²) in [6, 6.07) is 5.62. The molecule has 4 nitrogen and oxygen atoms in total. The zero-order chi connectivity index (χ0) is 12.3. The van der Waals surface area contributed by atoms with E-state index < -0.39 is 0 Å². The second-order valence-corrected chi connectivity index (χ2v) is 4.97. The van der Waals surface area contributed by atoms with Crippen molar-refractivity contribution in [3.05, 3.63) is 39.6 Å². The van der Waals surface area contributed by atoms with Crippen LogP contribution in [0, 0.1) is 0 Å². The molecule has 1 aromatic heterocycles. The van der Waals surface area contributed by atoms with E-state index in [4.69, 9.17) is 17.3 Å². The van der Waals surface area contributed by atoms with Crippen LogP contribution in [0.1, 0.15) is 12.1 Å². The first-order chi connectivity index (χ1) is 8.20. The number of halogens is 2. The maximum atomic E-state index is 6.11. The number of nitrogens with zero attached hydrogens (tertiary/aromatic N) is 3. The van der Waals surface area contributed by atoms with Crippen LogP contribution in [0.25, 0.3) is 5.69 Å².